The molecule has 23 heavy (non-hydrogen) atoms. The molecule has 138 valence electrons. The fourth-order valence-corrected chi connectivity index (χ4v) is 2.89. The molecule has 0 rings (SSSR count). The minimum Gasteiger partial charge on any atom is -0.434 e. The first kappa shape index (κ1) is 22.8. The Balaban J connectivity index is 3.13. The average Bonchev–Trinajstić information content (AvgIpc) is 2.56. The lowest BCUT2D eigenvalue weighted by Gasteiger charge is -2.06. The van der Waals surface area contributed by atoms with Gasteiger partial charge in [0.2, 0.25) is 0 Å². The lowest BCUT2D eigenvalue weighted by atomic mass is 10.1. The van der Waals surface area contributed by atoms with Crippen LogP contribution in [0.2, 0.25) is 0 Å². The molecular weight excluding hydrogens is 356 g/mol. The predicted molar refractivity (Wildman–Crippen MR) is 101 cm³/mol. The smallest absolute Gasteiger partial charge is 0.434 e. The monoisotopic (exact) mass is 392 g/mol. The van der Waals surface area contributed by atoms with Crippen LogP contribution in [0.3, 0.4) is 0 Å². The first-order valence-electron chi connectivity index (χ1n) is 9.66. The summed E-state index contributed by atoms with van der Waals surface area (Å²) in [4.78, 5) is 11.4. The summed E-state index contributed by atoms with van der Waals surface area (Å²) in [5.74, 6) is 0. The molecular formula is C19H37BrO3. The van der Waals surface area contributed by atoms with Crippen molar-refractivity contribution in [2.75, 3.05) is 18.5 Å². The zero-order valence-corrected chi connectivity index (χ0v) is 16.7. The van der Waals surface area contributed by atoms with Crippen LogP contribution >= 0.6 is 15.9 Å². The van der Waals surface area contributed by atoms with Gasteiger partial charge in [-0.2, -0.15) is 0 Å². The minimum atomic E-state index is -0.493. The van der Waals surface area contributed by atoms with E-state index in [4.69, 9.17) is 9.47 Å². The highest BCUT2D eigenvalue weighted by molar-refractivity contribution is 9.09. The molecule has 0 unspecified atom stereocenters. The second-order valence-corrected chi connectivity index (χ2v) is 7.03. The molecule has 0 N–H and O–H groups in total. The summed E-state index contributed by atoms with van der Waals surface area (Å²) >= 11 is 3.43. The summed E-state index contributed by atoms with van der Waals surface area (Å²) in [5.41, 5.74) is 0. The van der Waals surface area contributed by atoms with E-state index >= 15 is 0 Å². The van der Waals surface area contributed by atoms with Gasteiger partial charge in [0.05, 0.1) is 13.2 Å². The quantitative estimate of drug-likeness (QED) is 0.151. The highest BCUT2D eigenvalue weighted by Gasteiger charge is 2.03. The summed E-state index contributed by atoms with van der Waals surface area (Å²) in [5, 5.41) is 1.10. The van der Waals surface area contributed by atoms with Gasteiger partial charge in [-0.1, -0.05) is 93.5 Å². The Hall–Kier alpha value is -0.250. The van der Waals surface area contributed by atoms with Gasteiger partial charge < -0.3 is 9.47 Å². The van der Waals surface area contributed by atoms with Gasteiger partial charge in [0.25, 0.3) is 0 Å². The Labute approximate surface area is 152 Å². The van der Waals surface area contributed by atoms with Crippen molar-refractivity contribution in [1.29, 1.82) is 0 Å². The van der Waals surface area contributed by atoms with Crippen LogP contribution in [0.4, 0.5) is 4.79 Å². The summed E-state index contributed by atoms with van der Waals surface area (Å²) in [6.45, 7) is 3.23. The minimum absolute atomic E-state index is 0.493. The van der Waals surface area contributed by atoms with Gasteiger partial charge in [0, 0.05) is 5.33 Å². The number of unbranched alkanes of at least 4 members (excludes halogenated alkanes) is 12. The first-order valence-corrected chi connectivity index (χ1v) is 10.8. The van der Waals surface area contributed by atoms with Gasteiger partial charge in [0.15, 0.2) is 0 Å². The topological polar surface area (TPSA) is 35.5 Å². The molecule has 3 nitrogen and oxygen atoms in total. The summed E-state index contributed by atoms with van der Waals surface area (Å²) in [6.07, 6.45) is 16.6. The maximum Gasteiger partial charge on any atom is 0.508 e. The summed E-state index contributed by atoms with van der Waals surface area (Å²) < 4.78 is 10.2. The lowest BCUT2D eigenvalue weighted by molar-refractivity contribution is 0.0529. The van der Waals surface area contributed by atoms with Gasteiger partial charge >= 0.3 is 6.16 Å². The number of carbonyl (C=O) groups excluding carboxylic acids is 1. The molecule has 0 amide bonds. The second kappa shape index (κ2) is 19.8. The molecule has 0 aliphatic heterocycles. The third kappa shape index (κ3) is 19.7. The number of alkyl halides is 1. The van der Waals surface area contributed by atoms with Crippen LogP contribution in [0.25, 0.3) is 0 Å². The molecule has 0 saturated heterocycles. The molecule has 4 heteroatoms. The fourth-order valence-electron chi connectivity index (χ4n) is 2.49. The van der Waals surface area contributed by atoms with E-state index in [0.717, 1.165) is 31.0 Å². The van der Waals surface area contributed by atoms with Crippen molar-refractivity contribution >= 4 is 22.1 Å². The lowest BCUT2D eigenvalue weighted by Crippen LogP contribution is -2.09. The maximum atomic E-state index is 11.4. The third-order valence-electron chi connectivity index (χ3n) is 3.97. The largest absolute Gasteiger partial charge is 0.508 e. The van der Waals surface area contributed by atoms with E-state index < -0.39 is 6.16 Å². The van der Waals surface area contributed by atoms with Crippen LogP contribution in [0, 0.1) is 0 Å². The first-order chi connectivity index (χ1) is 11.3. The Kier molecular flexibility index (Phi) is 19.6. The number of hydrogen-bond acceptors (Lipinski definition) is 3. The van der Waals surface area contributed by atoms with E-state index in [1.54, 1.807) is 0 Å². The van der Waals surface area contributed by atoms with Crippen molar-refractivity contribution in [3.8, 4) is 0 Å². The number of carbonyl (C=O) groups is 1. The molecule has 0 fully saturated rings. The molecule has 0 aliphatic carbocycles. The summed E-state index contributed by atoms with van der Waals surface area (Å²) in [6, 6.07) is 0. The van der Waals surface area contributed by atoms with E-state index in [1.807, 2.05) is 0 Å². The highest BCUT2D eigenvalue weighted by Crippen LogP contribution is 2.09. The molecule has 0 aromatic heterocycles. The molecule has 0 aliphatic rings. The second-order valence-electron chi connectivity index (χ2n) is 6.23. The van der Waals surface area contributed by atoms with Gasteiger partial charge in [-0.25, -0.2) is 4.79 Å². The van der Waals surface area contributed by atoms with Crippen LogP contribution < -0.4 is 0 Å². The number of rotatable bonds is 17. The Morgan fingerprint density at radius 2 is 1.04 bits per heavy atom. The van der Waals surface area contributed by atoms with Gasteiger partial charge in [-0.15, -0.1) is 0 Å². The third-order valence-corrected chi connectivity index (χ3v) is 4.53. The summed E-state index contributed by atoms with van der Waals surface area (Å²) in [7, 11) is 0. The van der Waals surface area contributed by atoms with Crippen LogP contribution in [0.15, 0.2) is 0 Å². The van der Waals surface area contributed by atoms with Gasteiger partial charge in [-0.3, -0.25) is 0 Å². The zero-order valence-electron chi connectivity index (χ0n) is 15.1. The Morgan fingerprint density at radius 1 is 0.652 bits per heavy atom. The highest BCUT2D eigenvalue weighted by atomic mass is 79.9. The van der Waals surface area contributed by atoms with Crippen molar-refractivity contribution in [3.63, 3.8) is 0 Å². The van der Waals surface area contributed by atoms with Gasteiger partial charge in [-0.05, 0) is 19.3 Å². The maximum absolute atomic E-state index is 11.4. The predicted octanol–water partition coefficient (Wildman–Crippen LogP) is 7.02. The average molecular weight is 393 g/mol. The Bertz CT molecular complexity index is 247. The van der Waals surface area contributed by atoms with Crippen molar-refractivity contribution in [3.05, 3.63) is 0 Å². The molecule has 0 atom stereocenters. The van der Waals surface area contributed by atoms with E-state index in [2.05, 4.69) is 22.9 Å². The molecule has 0 heterocycles. The van der Waals surface area contributed by atoms with E-state index in [-0.39, 0.29) is 0 Å². The van der Waals surface area contributed by atoms with Crippen LogP contribution in [-0.4, -0.2) is 24.7 Å². The Morgan fingerprint density at radius 3 is 1.48 bits per heavy atom. The SMILES string of the molecule is CCCCCCCCCCOC(=O)OCCCCCCCCBr. The fraction of sp³-hybridized carbons (Fsp3) is 0.947. The number of ether oxygens (including phenoxy) is 2. The molecule has 0 aromatic carbocycles. The van der Waals surface area contributed by atoms with E-state index in [9.17, 15) is 4.79 Å². The molecule has 0 saturated carbocycles. The van der Waals surface area contributed by atoms with E-state index in [1.165, 1.54) is 64.2 Å². The van der Waals surface area contributed by atoms with Crippen LogP contribution in [-0.2, 0) is 9.47 Å². The zero-order chi connectivity index (χ0) is 17.0. The van der Waals surface area contributed by atoms with Gasteiger partial charge in [0.1, 0.15) is 0 Å². The van der Waals surface area contributed by atoms with Crippen LogP contribution in [0.1, 0.15) is 96.8 Å². The molecule has 0 spiro atoms. The molecule has 0 bridgehead atoms. The molecule has 0 radical (unpaired) electrons. The molecule has 0 aromatic rings. The van der Waals surface area contributed by atoms with Crippen LogP contribution in [0.5, 0.6) is 0 Å². The van der Waals surface area contributed by atoms with Crippen molar-refractivity contribution in [2.45, 2.75) is 96.8 Å². The van der Waals surface area contributed by atoms with Crippen molar-refractivity contribution in [1.82, 2.24) is 0 Å². The van der Waals surface area contributed by atoms with Crippen molar-refractivity contribution in [2.24, 2.45) is 0 Å². The normalized spacial score (nSPS) is 10.7. The standard InChI is InChI=1S/C19H37BrO3/c1-2-3-4-5-6-8-11-14-17-22-19(21)23-18-15-12-9-7-10-13-16-20/h2-18H2,1H3. The number of hydrogen-bond donors (Lipinski definition) is 0. The van der Waals surface area contributed by atoms with Crippen molar-refractivity contribution < 1.29 is 14.3 Å². The number of halogens is 1. The van der Waals surface area contributed by atoms with E-state index in [0.29, 0.717) is 13.2 Å².